The Labute approximate surface area is 46.2 Å². The van der Waals surface area contributed by atoms with Gasteiger partial charge in [-0.25, -0.2) is 4.79 Å². The molecule has 42 valence electrons. The first-order valence-electron chi connectivity index (χ1n) is 2.09. The highest BCUT2D eigenvalue weighted by Crippen LogP contribution is 2.04. The molecule has 0 fully saturated rings. The Hall–Kier alpha value is -1.21. The Balaban J connectivity index is 2.57. The molecule has 0 saturated heterocycles. The number of hydrogen-bond donors (Lipinski definition) is 0. The molecule has 0 N–H and O–H groups in total. The average Bonchev–Trinajstić information content (AvgIpc) is 2.19. The van der Waals surface area contributed by atoms with Crippen molar-refractivity contribution < 1.29 is 14.3 Å². The predicted molar refractivity (Wildman–Crippen MR) is 25.4 cm³/mol. The molecule has 0 saturated carbocycles. The minimum absolute atomic E-state index is 0.202. The van der Waals surface area contributed by atoms with E-state index in [4.69, 9.17) is 4.74 Å². The minimum Gasteiger partial charge on any atom is -0.461 e. The van der Waals surface area contributed by atoms with Crippen LogP contribution in [0.15, 0.2) is 18.1 Å². The Morgan fingerprint density at radius 3 is 3.25 bits per heavy atom. The molecular weight excluding hydrogens is 108 g/mol. The van der Waals surface area contributed by atoms with Crippen LogP contribution in [0.2, 0.25) is 0 Å². The summed E-state index contributed by atoms with van der Waals surface area (Å²) >= 11 is 0. The van der Waals surface area contributed by atoms with E-state index in [1.54, 1.807) is 5.94 Å². The molecule has 3 nitrogen and oxygen atoms in total. The molecule has 3 heteroatoms. The SMILES string of the molecule is O=C=CC1=COCO1. The molecule has 0 spiro atoms. The summed E-state index contributed by atoms with van der Waals surface area (Å²) in [4.78, 5) is 9.60. The lowest BCUT2D eigenvalue weighted by Gasteiger charge is -1.87. The highest BCUT2D eigenvalue weighted by molar-refractivity contribution is 5.50. The summed E-state index contributed by atoms with van der Waals surface area (Å²) in [6.45, 7) is 0.202. The van der Waals surface area contributed by atoms with Gasteiger partial charge in [-0.2, -0.15) is 0 Å². The van der Waals surface area contributed by atoms with Gasteiger partial charge in [0.2, 0.25) is 6.79 Å². The first-order chi connectivity index (χ1) is 3.93. The fraction of sp³-hybridized carbons (Fsp3) is 0.200. The van der Waals surface area contributed by atoms with E-state index in [0.29, 0.717) is 5.76 Å². The number of carbonyl (C=O) groups excluding carboxylic acids is 1. The van der Waals surface area contributed by atoms with E-state index >= 15 is 0 Å². The lowest BCUT2D eigenvalue weighted by Crippen LogP contribution is -1.80. The second kappa shape index (κ2) is 2.19. The lowest BCUT2D eigenvalue weighted by atomic mass is 10.5. The quantitative estimate of drug-likeness (QED) is 0.455. The van der Waals surface area contributed by atoms with E-state index < -0.39 is 0 Å². The number of allylic oxidation sites excluding steroid dienone is 1. The molecule has 0 aromatic heterocycles. The number of ether oxygens (including phenoxy) is 2. The molecule has 0 bridgehead atoms. The van der Waals surface area contributed by atoms with Gasteiger partial charge >= 0.3 is 0 Å². The van der Waals surface area contributed by atoms with Crippen molar-refractivity contribution in [1.29, 1.82) is 0 Å². The van der Waals surface area contributed by atoms with Gasteiger partial charge in [-0.3, -0.25) is 0 Å². The molecule has 0 amide bonds. The molecule has 8 heavy (non-hydrogen) atoms. The molecular formula is C5H4O3. The maximum atomic E-state index is 9.60. The van der Waals surface area contributed by atoms with Gasteiger partial charge in [0.15, 0.2) is 5.76 Å². The summed E-state index contributed by atoms with van der Waals surface area (Å²) in [7, 11) is 0. The van der Waals surface area contributed by atoms with Gasteiger partial charge in [-0.05, 0) is 0 Å². The number of rotatable bonds is 1. The monoisotopic (exact) mass is 112 g/mol. The van der Waals surface area contributed by atoms with Crippen LogP contribution in [0.25, 0.3) is 0 Å². The van der Waals surface area contributed by atoms with Crippen molar-refractivity contribution in [3.63, 3.8) is 0 Å². The second-order valence-electron chi connectivity index (χ2n) is 1.21. The zero-order valence-electron chi connectivity index (χ0n) is 4.09. The van der Waals surface area contributed by atoms with E-state index in [1.807, 2.05) is 0 Å². The Morgan fingerprint density at radius 1 is 1.88 bits per heavy atom. The van der Waals surface area contributed by atoms with Crippen LogP contribution in [0.5, 0.6) is 0 Å². The van der Waals surface area contributed by atoms with Crippen molar-refractivity contribution in [3.05, 3.63) is 18.1 Å². The van der Waals surface area contributed by atoms with Crippen molar-refractivity contribution in [3.8, 4) is 0 Å². The molecule has 0 atom stereocenters. The Bertz CT molecular complexity index is 153. The summed E-state index contributed by atoms with van der Waals surface area (Å²) in [5.41, 5.74) is 0. The van der Waals surface area contributed by atoms with Crippen LogP contribution in [-0.4, -0.2) is 12.7 Å². The highest BCUT2D eigenvalue weighted by Gasteiger charge is 1.99. The Morgan fingerprint density at radius 2 is 2.75 bits per heavy atom. The molecule has 1 rings (SSSR count). The van der Waals surface area contributed by atoms with Crippen molar-refractivity contribution in [2.75, 3.05) is 6.79 Å². The zero-order valence-corrected chi connectivity index (χ0v) is 4.09. The molecule has 1 aliphatic rings. The van der Waals surface area contributed by atoms with Crippen LogP contribution >= 0.6 is 0 Å². The fourth-order valence-electron chi connectivity index (χ4n) is 0.386. The van der Waals surface area contributed by atoms with Crippen molar-refractivity contribution in [1.82, 2.24) is 0 Å². The summed E-state index contributed by atoms with van der Waals surface area (Å²) in [5.74, 6) is 1.99. The molecule has 0 radical (unpaired) electrons. The molecule has 1 aliphatic heterocycles. The van der Waals surface area contributed by atoms with E-state index in [0.717, 1.165) is 0 Å². The topological polar surface area (TPSA) is 35.5 Å². The summed E-state index contributed by atoms with van der Waals surface area (Å²) in [6, 6.07) is 0. The first-order valence-corrected chi connectivity index (χ1v) is 2.09. The van der Waals surface area contributed by atoms with Crippen molar-refractivity contribution in [2.24, 2.45) is 0 Å². The summed E-state index contributed by atoms with van der Waals surface area (Å²) in [5, 5.41) is 0. The molecule has 0 aliphatic carbocycles. The van der Waals surface area contributed by atoms with Crippen molar-refractivity contribution >= 4 is 5.94 Å². The molecule has 0 aromatic rings. The minimum atomic E-state index is 0.202. The molecule has 0 unspecified atom stereocenters. The van der Waals surface area contributed by atoms with Gasteiger partial charge in [0.05, 0.1) is 6.08 Å². The van der Waals surface area contributed by atoms with Gasteiger partial charge in [0.1, 0.15) is 12.2 Å². The van der Waals surface area contributed by atoms with E-state index in [2.05, 4.69) is 4.74 Å². The lowest BCUT2D eigenvalue weighted by molar-refractivity contribution is 0.0846. The first kappa shape index (κ1) is 4.94. The summed E-state index contributed by atoms with van der Waals surface area (Å²) < 4.78 is 9.33. The average molecular weight is 112 g/mol. The van der Waals surface area contributed by atoms with Crippen LogP contribution in [-0.2, 0) is 14.3 Å². The number of hydrogen-bond acceptors (Lipinski definition) is 3. The van der Waals surface area contributed by atoms with E-state index in [9.17, 15) is 4.79 Å². The molecule has 0 aromatic carbocycles. The predicted octanol–water partition coefficient (Wildman–Crippen LogP) is 0.220. The zero-order chi connectivity index (χ0) is 5.82. The molecule has 1 heterocycles. The van der Waals surface area contributed by atoms with Crippen LogP contribution in [0.3, 0.4) is 0 Å². The van der Waals surface area contributed by atoms with Gasteiger partial charge in [-0.15, -0.1) is 0 Å². The van der Waals surface area contributed by atoms with Crippen LogP contribution in [0.1, 0.15) is 0 Å². The van der Waals surface area contributed by atoms with E-state index in [1.165, 1.54) is 12.3 Å². The third-order valence-electron chi connectivity index (χ3n) is 0.694. The van der Waals surface area contributed by atoms with Gasteiger partial charge < -0.3 is 9.47 Å². The largest absolute Gasteiger partial charge is 0.461 e. The highest BCUT2D eigenvalue weighted by atomic mass is 16.7. The Kier molecular flexibility index (Phi) is 1.35. The van der Waals surface area contributed by atoms with Crippen LogP contribution in [0, 0.1) is 0 Å². The van der Waals surface area contributed by atoms with Gasteiger partial charge in [-0.1, -0.05) is 0 Å². The maximum Gasteiger partial charge on any atom is 0.230 e. The van der Waals surface area contributed by atoms with Gasteiger partial charge in [0.25, 0.3) is 0 Å². The summed E-state index contributed by atoms with van der Waals surface area (Å²) in [6.07, 6.45) is 2.54. The smallest absolute Gasteiger partial charge is 0.230 e. The second-order valence-corrected chi connectivity index (χ2v) is 1.21. The fourth-order valence-corrected chi connectivity index (χ4v) is 0.386. The van der Waals surface area contributed by atoms with Gasteiger partial charge in [0, 0.05) is 0 Å². The maximum absolute atomic E-state index is 9.60. The van der Waals surface area contributed by atoms with Crippen LogP contribution in [0.4, 0.5) is 0 Å². The normalized spacial score (nSPS) is 15.2. The third-order valence-corrected chi connectivity index (χ3v) is 0.694. The standard InChI is InChI=1S/C5H4O3/c6-2-1-5-3-7-4-8-5/h1,3H,4H2. The van der Waals surface area contributed by atoms with E-state index in [-0.39, 0.29) is 6.79 Å². The third kappa shape index (κ3) is 0.891. The van der Waals surface area contributed by atoms with Crippen LogP contribution < -0.4 is 0 Å². The van der Waals surface area contributed by atoms with Crippen molar-refractivity contribution in [2.45, 2.75) is 0 Å².